The van der Waals surface area contributed by atoms with Crippen LogP contribution in [-0.2, 0) is 14.3 Å². The van der Waals surface area contributed by atoms with Gasteiger partial charge < -0.3 is 14.8 Å². The van der Waals surface area contributed by atoms with Crippen molar-refractivity contribution in [2.24, 2.45) is 0 Å². The Labute approximate surface area is 275 Å². The van der Waals surface area contributed by atoms with E-state index in [1.807, 2.05) is 0 Å². The normalized spacial score (nSPS) is 16.2. The van der Waals surface area contributed by atoms with Crippen LogP contribution in [0, 0.1) is 0 Å². The highest BCUT2D eigenvalue weighted by molar-refractivity contribution is 5.69. The highest BCUT2D eigenvalue weighted by atomic mass is 16.5. The smallest absolute Gasteiger partial charge is 0.305 e. The van der Waals surface area contributed by atoms with E-state index >= 15 is 0 Å². The van der Waals surface area contributed by atoms with Crippen molar-refractivity contribution < 1.29 is 14.3 Å². The Morgan fingerprint density at radius 1 is 0.568 bits per heavy atom. The Balaban J connectivity index is 1.88. The number of carbonyl (C=O) groups is 1. The summed E-state index contributed by atoms with van der Waals surface area (Å²) in [5.74, 6) is 1.04. The van der Waals surface area contributed by atoms with Crippen molar-refractivity contribution in [3.05, 3.63) is 12.3 Å². The standard InChI is InChI=1S/C40H77NO3/c1-3-4-5-6-23-30-37-43-40(42)34-27-20-16-22-29-36-41-35-28-21-15-17-24-31-38(2)44-39-32-25-18-13-11-9-7-8-10-12-14-19-26-33-39/h39,41H,2-37H2,1H3. The number of nitrogens with one attached hydrogen (secondary N) is 1. The first-order valence-electron chi connectivity index (χ1n) is 19.9. The van der Waals surface area contributed by atoms with Crippen molar-refractivity contribution >= 4 is 5.97 Å². The van der Waals surface area contributed by atoms with Crippen LogP contribution in [0.2, 0.25) is 0 Å². The second-order valence-corrected chi connectivity index (χ2v) is 13.9. The summed E-state index contributed by atoms with van der Waals surface area (Å²) in [6.45, 7) is 9.41. The lowest BCUT2D eigenvalue weighted by atomic mass is 10.0. The fourth-order valence-corrected chi connectivity index (χ4v) is 6.49. The zero-order valence-corrected chi connectivity index (χ0v) is 29.8. The summed E-state index contributed by atoms with van der Waals surface area (Å²) in [6.07, 6.45) is 41.0. The summed E-state index contributed by atoms with van der Waals surface area (Å²) in [4.78, 5) is 11.8. The second-order valence-electron chi connectivity index (χ2n) is 13.9. The molecule has 0 aromatic carbocycles. The molecule has 4 heteroatoms. The van der Waals surface area contributed by atoms with Crippen LogP contribution in [0.4, 0.5) is 0 Å². The number of carbonyl (C=O) groups excluding carboxylic acids is 1. The Morgan fingerprint density at radius 2 is 1.00 bits per heavy atom. The van der Waals surface area contributed by atoms with Crippen molar-refractivity contribution in [3.8, 4) is 0 Å². The van der Waals surface area contributed by atoms with E-state index in [0.717, 1.165) is 44.5 Å². The van der Waals surface area contributed by atoms with Crippen molar-refractivity contribution in [1.82, 2.24) is 5.32 Å². The lowest BCUT2D eigenvalue weighted by molar-refractivity contribution is -0.143. The summed E-state index contributed by atoms with van der Waals surface area (Å²) in [6, 6.07) is 0. The number of hydrogen-bond donors (Lipinski definition) is 1. The quantitative estimate of drug-likeness (QED) is 0.0627. The predicted molar refractivity (Wildman–Crippen MR) is 191 cm³/mol. The van der Waals surface area contributed by atoms with Gasteiger partial charge in [-0.15, -0.1) is 0 Å². The Bertz CT molecular complexity index is 606. The van der Waals surface area contributed by atoms with E-state index in [0.29, 0.717) is 19.1 Å². The van der Waals surface area contributed by atoms with E-state index in [-0.39, 0.29) is 5.97 Å². The Morgan fingerprint density at radius 3 is 1.55 bits per heavy atom. The van der Waals surface area contributed by atoms with Crippen LogP contribution >= 0.6 is 0 Å². The highest BCUT2D eigenvalue weighted by Crippen LogP contribution is 2.22. The molecule has 0 radical (unpaired) electrons. The minimum absolute atomic E-state index is 0.000670. The van der Waals surface area contributed by atoms with Gasteiger partial charge in [-0.25, -0.2) is 0 Å². The van der Waals surface area contributed by atoms with Gasteiger partial charge in [-0.2, -0.15) is 0 Å². The SMILES string of the molecule is C=C(CCCCCCCNCCCCCCCC(=O)OCCCCCCCC)OC1CCCCCCCCCCCCCC1. The topological polar surface area (TPSA) is 47.6 Å². The molecule has 260 valence electrons. The van der Waals surface area contributed by atoms with Gasteiger partial charge in [-0.05, 0) is 70.9 Å². The van der Waals surface area contributed by atoms with Crippen LogP contribution in [0.3, 0.4) is 0 Å². The van der Waals surface area contributed by atoms with Gasteiger partial charge >= 0.3 is 5.97 Å². The van der Waals surface area contributed by atoms with Crippen molar-refractivity contribution in [3.63, 3.8) is 0 Å². The fourth-order valence-electron chi connectivity index (χ4n) is 6.49. The molecule has 1 rings (SSSR count). The molecule has 0 heterocycles. The van der Waals surface area contributed by atoms with E-state index in [2.05, 4.69) is 18.8 Å². The first-order chi connectivity index (χ1) is 21.7. The molecule has 1 aliphatic rings. The molecule has 0 saturated heterocycles. The molecule has 1 saturated carbocycles. The summed E-state index contributed by atoms with van der Waals surface area (Å²) >= 11 is 0. The number of hydrogen-bond acceptors (Lipinski definition) is 4. The summed E-state index contributed by atoms with van der Waals surface area (Å²) in [5, 5.41) is 3.62. The third-order valence-corrected chi connectivity index (χ3v) is 9.44. The summed E-state index contributed by atoms with van der Waals surface area (Å²) in [5.41, 5.74) is 0. The lowest BCUT2D eigenvalue weighted by Crippen LogP contribution is -2.16. The predicted octanol–water partition coefficient (Wildman–Crippen LogP) is 12.5. The molecule has 1 N–H and O–H groups in total. The van der Waals surface area contributed by atoms with Gasteiger partial charge in [0.05, 0.1) is 18.5 Å². The Kier molecular flexibility index (Phi) is 31.1. The zero-order chi connectivity index (χ0) is 31.6. The van der Waals surface area contributed by atoms with Gasteiger partial charge in [0.15, 0.2) is 0 Å². The second kappa shape index (κ2) is 33.3. The molecule has 0 aliphatic heterocycles. The van der Waals surface area contributed by atoms with Crippen molar-refractivity contribution in [2.75, 3.05) is 19.7 Å². The third kappa shape index (κ3) is 29.7. The molecule has 0 aromatic heterocycles. The molecule has 0 atom stereocenters. The maximum Gasteiger partial charge on any atom is 0.305 e. The van der Waals surface area contributed by atoms with Gasteiger partial charge in [0.1, 0.15) is 0 Å². The summed E-state index contributed by atoms with van der Waals surface area (Å²) < 4.78 is 11.8. The molecular weight excluding hydrogens is 542 g/mol. The maximum absolute atomic E-state index is 11.8. The molecule has 0 amide bonds. The average Bonchev–Trinajstić information content (AvgIpc) is 3.03. The van der Waals surface area contributed by atoms with Crippen LogP contribution in [-0.4, -0.2) is 31.8 Å². The first-order valence-corrected chi connectivity index (χ1v) is 19.9. The maximum atomic E-state index is 11.8. The van der Waals surface area contributed by atoms with Gasteiger partial charge in [-0.3, -0.25) is 4.79 Å². The van der Waals surface area contributed by atoms with E-state index in [1.54, 1.807) is 0 Å². The van der Waals surface area contributed by atoms with Gasteiger partial charge in [0, 0.05) is 12.8 Å². The molecule has 1 aliphatic carbocycles. The average molecular weight is 620 g/mol. The molecule has 0 aromatic rings. The van der Waals surface area contributed by atoms with E-state index < -0.39 is 0 Å². The Hall–Kier alpha value is -1.03. The largest absolute Gasteiger partial charge is 0.495 e. The van der Waals surface area contributed by atoms with E-state index in [4.69, 9.17) is 9.47 Å². The van der Waals surface area contributed by atoms with Crippen LogP contribution in [0.1, 0.15) is 212 Å². The van der Waals surface area contributed by atoms with Gasteiger partial charge in [0.2, 0.25) is 0 Å². The molecule has 4 nitrogen and oxygen atoms in total. The van der Waals surface area contributed by atoms with Crippen LogP contribution < -0.4 is 5.32 Å². The zero-order valence-electron chi connectivity index (χ0n) is 29.8. The number of esters is 1. The molecule has 0 bridgehead atoms. The number of rotatable bonds is 25. The number of unbranched alkanes of at least 4 members (excludes halogenated alkanes) is 13. The van der Waals surface area contributed by atoms with Crippen LogP contribution in [0.5, 0.6) is 0 Å². The molecule has 44 heavy (non-hydrogen) atoms. The molecule has 0 unspecified atom stereocenters. The molecule has 0 spiro atoms. The first kappa shape index (κ1) is 41.0. The van der Waals surface area contributed by atoms with Crippen molar-refractivity contribution in [2.45, 2.75) is 218 Å². The molecule has 1 fully saturated rings. The fraction of sp³-hybridized carbons (Fsp3) is 0.925. The van der Waals surface area contributed by atoms with E-state index in [1.165, 1.54) is 173 Å². The lowest BCUT2D eigenvalue weighted by Gasteiger charge is -2.21. The monoisotopic (exact) mass is 620 g/mol. The number of ether oxygens (including phenoxy) is 2. The van der Waals surface area contributed by atoms with Crippen LogP contribution in [0.25, 0.3) is 0 Å². The van der Waals surface area contributed by atoms with E-state index in [9.17, 15) is 4.79 Å². The third-order valence-electron chi connectivity index (χ3n) is 9.44. The van der Waals surface area contributed by atoms with Gasteiger partial charge in [0.25, 0.3) is 0 Å². The minimum atomic E-state index is 0.000670. The van der Waals surface area contributed by atoms with Gasteiger partial charge in [-0.1, -0.05) is 148 Å². The minimum Gasteiger partial charge on any atom is -0.495 e. The van der Waals surface area contributed by atoms with Crippen molar-refractivity contribution in [1.29, 1.82) is 0 Å². The highest BCUT2D eigenvalue weighted by Gasteiger charge is 2.12. The van der Waals surface area contributed by atoms with Crippen LogP contribution in [0.15, 0.2) is 12.3 Å². The number of allylic oxidation sites excluding steroid dienone is 1. The summed E-state index contributed by atoms with van der Waals surface area (Å²) in [7, 11) is 0. The molecular formula is C40H77NO3.